The summed E-state index contributed by atoms with van der Waals surface area (Å²) < 4.78 is 52.4. The van der Waals surface area contributed by atoms with E-state index in [4.69, 9.17) is 10.8 Å². The minimum absolute atomic E-state index is 0.0169. The first-order chi connectivity index (χ1) is 10.2. The van der Waals surface area contributed by atoms with Crippen molar-refractivity contribution in [2.24, 2.45) is 5.73 Å². The zero-order valence-electron chi connectivity index (χ0n) is 11.8. The number of hydrogen-bond donors (Lipinski definition) is 3. The Kier molecular flexibility index (Phi) is 6.85. The monoisotopic (exact) mass is 336 g/mol. The van der Waals surface area contributed by atoms with Crippen LogP contribution in [-0.2, 0) is 21.2 Å². The van der Waals surface area contributed by atoms with Crippen LogP contribution in [0.1, 0.15) is 18.4 Å². The summed E-state index contributed by atoms with van der Waals surface area (Å²) in [4.78, 5) is 10.5. The molecule has 0 spiro atoms. The van der Waals surface area contributed by atoms with Gasteiger partial charge in [-0.3, -0.25) is 4.79 Å². The third kappa shape index (κ3) is 6.04. The van der Waals surface area contributed by atoms with E-state index in [1.165, 1.54) is 6.07 Å². The lowest BCUT2D eigenvalue weighted by Gasteiger charge is -2.09. The van der Waals surface area contributed by atoms with Crippen LogP contribution in [0.4, 0.5) is 8.78 Å². The van der Waals surface area contributed by atoms with Crippen molar-refractivity contribution in [2.45, 2.75) is 25.3 Å². The first-order valence-electron chi connectivity index (χ1n) is 6.61. The zero-order chi connectivity index (χ0) is 16.8. The van der Waals surface area contributed by atoms with Crippen LogP contribution in [0.15, 0.2) is 18.2 Å². The Hall–Kier alpha value is -1.58. The van der Waals surface area contributed by atoms with E-state index >= 15 is 0 Å². The number of nitrogens with one attached hydrogen (secondary N) is 1. The Morgan fingerprint density at radius 3 is 2.45 bits per heavy atom. The molecule has 1 atom stereocenters. The maximum Gasteiger partial charge on any atom is 0.320 e. The smallest absolute Gasteiger partial charge is 0.320 e. The fourth-order valence-electron chi connectivity index (χ4n) is 1.75. The van der Waals surface area contributed by atoms with E-state index in [1.54, 1.807) is 0 Å². The van der Waals surface area contributed by atoms with Crippen LogP contribution in [0.2, 0.25) is 0 Å². The van der Waals surface area contributed by atoms with Gasteiger partial charge in [-0.1, -0.05) is 6.07 Å². The molecule has 0 radical (unpaired) electrons. The molecule has 22 heavy (non-hydrogen) atoms. The summed E-state index contributed by atoms with van der Waals surface area (Å²) in [5.41, 5.74) is 5.00. The molecule has 1 rings (SSSR count). The number of sulfonamides is 1. The summed E-state index contributed by atoms with van der Waals surface area (Å²) >= 11 is 0. The predicted octanol–water partition coefficient (Wildman–Crippen LogP) is 0.619. The summed E-state index contributed by atoms with van der Waals surface area (Å²) in [5, 5.41) is 8.57. The number of hydrogen-bond acceptors (Lipinski definition) is 4. The summed E-state index contributed by atoms with van der Waals surface area (Å²) in [7, 11) is -3.70. The molecule has 6 nitrogen and oxygen atoms in total. The van der Waals surface area contributed by atoms with Crippen LogP contribution < -0.4 is 10.5 Å². The number of carbonyl (C=O) groups is 1. The number of rotatable bonds is 9. The largest absolute Gasteiger partial charge is 0.480 e. The van der Waals surface area contributed by atoms with Crippen molar-refractivity contribution >= 4 is 16.0 Å². The van der Waals surface area contributed by atoms with Gasteiger partial charge in [-0.25, -0.2) is 21.9 Å². The first-order valence-corrected chi connectivity index (χ1v) is 8.27. The SMILES string of the molecule is N[C@@H](CCCNS(=O)(=O)CCc1c(F)cccc1F)C(=O)O. The molecular weight excluding hydrogens is 318 g/mol. The second-order valence-corrected chi connectivity index (χ2v) is 6.68. The van der Waals surface area contributed by atoms with Gasteiger partial charge in [0.2, 0.25) is 10.0 Å². The van der Waals surface area contributed by atoms with Crippen LogP contribution in [0.3, 0.4) is 0 Å². The molecule has 124 valence electrons. The van der Waals surface area contributed by atoms with Crippen LogP contribution in [0.5, 0.6) is 0 Å². The van der Waals surface area contributed by atoms with E-state index in [2.05, 4.69) is 4.72 Å². The fraction of sp³-hybridized carbons (Fsp3) is 0.462. The highest BCUT2D eigenvalue weighted by atomic mass is 32.2. The van der Waals surface area contributed by atoms with E-state index in [9.17, 15) is 22.0 Å². The quantitative estimate of drug-likeness (QED) is 0.573. The number of carboxylic acid groups (broad SMARTS) is 1. The molecule has 0 aliphatic heterocycles. The van der Waals surface area contributed by atoms with Gasteiger partial charge in [0.25, 0.3) is 0 Å². The molecule has 0 heterocycles. The van der Waals surface area contributed by atoms with Crippen LogP contribution >= 0.6 is 0 Å². The molecule has 0 saturated carbocycles. The average molecular weight is 336 g/mol. The minimum Gasteiger partial charge on any atom is -0.480 e. The second-order valence-electron chi connectivity index (χ2n) is 4.75. The summed E-state index contributed by atoms with van der Waals surface area (Å²) in [6.07, 6.45) is 0.0863. The molecular formula is C13H18F2N2O4S. The van der Waals surface area contributed by atoms with Crippen LogP contribution in [0.25, 0.3) is 0 Å². The number of benzene rings is 1. The third-order valence-corrected chi connectivity index (χ3v) is 4.40. The molecule has 0 fully saturated rings. The highest BCUT2D eigenvalue weighted by Crippen LogP contribution is 2.13. The van der Waals surface area contributed by atoms with Crippen molar-refractivity contribution in [3.05, 3.63) is 35.4 Å². The topological polar surface area (TPSA) is 109 Å². The zero-order valence-corrected chi connectivity index (χ0v) is 12.6. The highest BCUT2D eigenvalue weighted by Gasteiger charge is 2.15. The summed E-state index contributed by atoms with van der Waals surface area (Å²) in [5.74, 6) is -3.20. The molecule has 0 unspecified atom stereocenters. The first kappa shape index (κ1) is 18.5. The van der Waals surface area contributed by atoms with Gasteiger partial charge >= 0.3 is 5.97 Å². The molecule has 0 saturated heterocycles. The van der Waals surface area contributed by atoms with E-state index in [1.807, 2.05) is 0 Å². The molecule has 0 amide bonds. The molecule has 9 heteroatoms. The Morgan fingerprint density at radius 1 is 1.32 bits per heavy atom. The maximum absolute atomic E-state index is 13.4. The van der Waals surface area contributed by atoms with E-state index in [0.717, 1.165) is 12.1 Å². The van der Waals surface area contributed by atoms with Gasteiger partial charge < -0.3 is 10.8 Å². The van der Waals surface area contributed by atoms with Gasteiger partial charge in [0, 0.05) is 12.1 Å². The molecule has 1 aromatic rings. The Bertz CT molecular complexity index is 602. The van der Waals surface area contributed by atoms with Gasteiger partial charge in [-0.05, 0) is 31.4 Å². The number of aliphatic carboxylic acids is 1. The summed E-state index contributed by atoms with van der Waals surface area (Å²) in [6, 6.07) is 2.28. The molecule has 0 aliphatic carbocycles. The highest BCUT2D eigenvalue weighted by molar-refractivity contribution is 7.89. The third-order valence-electron chi connectivity index (χ3n) is 3.01. The van der Waals surface area contributed by atoms with Crippen LogP contribution in [0, 0.1) is 11.6 Å². The van der Waals surface area contributed by atoms with Crippen molar-refractivity contribution in [3.63, 3.8) is 0 Å². The van der Waals surface area contributed by atoms with Gasteiger partial charge in [-0.15, -0.1) is 0 Å². The van der Waals surface area contributed by atoms with Crippen molar-refractivity contribution in [1.82, 2.24) is 4.72 Å². The Morgan fingerprint density at radius 2 is 1.91 bits per heavy atom. The maximum atomic E-state index is 13.4. The lowest BCUT2D eigenvalue weighted by molar-refractivity contribution is -0.138. The number of carboxylic acids is 1. The number of halogens is 2. The van der Waals surface area contributed by atoms with Crippen LogP contribution in [-0.4, -0.2) is 37.8 Å². The molecule has 1 aromatic carbocycles. The van der Waals surface area contributed by atoms with Gasteiger partial charge in [-0.2, -0.15) is 0 Å². The lowest BCUT2D eigenvalue weighted by atomic mass is 10.1. The van der Waals surface area contributed by atoms with Gasteiger partial charge in [0.1, 0.15) is 17.7 Å². The Balaban J connectivity index is 2.43. The lowest BCUT2D eigenvalue weighted by Crippen LogP contribution is -2.33. The molecule has 0 aromatic heterocycles. The second kappa shape index (κ2) is 8.16. The average Bonchev–Trinajstić information content (AvgIpc) is 2.42. The van der Waals surface area contributed by atoms with Gasteiger partial charge in [0.05, 0.1) is 5.75 Å². The standard InChI is InChI=1S/C13H18F2N2O4S/c14-10-3-1-4-11(15)9(10)6-8-22(20,21)17-7-2-5-12(16)13(18)19/h1,3-4,12,17H,2,5-8,16H2,(H,18,19)/t12-/m0/s1. The van der Waals surface area contributed by atoms with Crippen molar-refractivity contribution in [3.8, 4) is 0 Å². The molecule has 4 N–H and O–H groups in total. The van der Waals surface area contributed by atoms with E-state index in [-0.39, 0.29) is 31.4 Å². The van der Waals surface area contributed by atoms with E-state index in [0.29, 0.717) is 0 Å². The fourth-order valence-corrected chi connectivity index (χ4v) is 2.83. The van der Waals surface area contributed by atoms with Gasteiger partial charge in [0.15, 0.2) is 0 Å². The normalized spacial score (nSPS) is 13.0. The van der Waals surface area contributed by atoms with Crippen molar-refractivity contribution in [2.75, 3.05) is 12.3 Å². The number of nitrogens with two attached hydrogens (primary N) is 1. The van der Waals surface area contributed by atoms with Crippen molar-refractivity contribution < 1.29 is 27.1 Å². The molecule has 0 bridgehead atoms. The minimum atomic E-state index is -3.70. The van der Waals surface area contributed by atoms with E-state index < -0.39 is 39.4 Å². The predicted molar refractivity (Wildman–Crippen MR) is 76.7 cm³/mol. The molecule has 0 aliphatic rings. The van der Waals surface area contributed by atoms with Crippen molar-refractivity contribution in [1.29, 1.82) is 0 Å². The Labute approximate surface area is 127 Å². The summed E-state index contributed by atoms with van der Waals surface area (Å²) in [6.45, 7) is 0.0169.